The van der Waals surface area contributed by atoms with Crippen LogP contribution in [0.3, 0.4) is 0 Å². The second kappa shape index (κ2) is 6.93. The number of carbonyl (C=O) groups is 2. The van der Waals surface area contributed by atoms with Crippen molar-refractivity contribution in [3.63, 3.8) is 0 Å². The number of aromatic nitrogens is 3. The molecule has 2 heterocycles. The zero-order chi connectivity index (χ0) is 16.3. The van der Waals surface area contributed by atoms with Crippen LogP contribution in [0.2, 0.25) is 0 Å². The molecule has 1 atom stereocenters. The molecule has 0 unspecified atom stereocenters. The largest absolute Gasteiger partial charge is 0.366 e. The quantitative estimate of drug-likeness (QED) is 0.785. The summed E-state index contributed by atoms with van der Waals surface area (Å²) >= 11 is 2.58. The predicted molar refractivity (Wildman–Crippen MR) is 87.2 cm³/mol. The van der Waals surface area contributed by atoms with Gasteiger partial charge in [-0.3, -0.25) is 9.59 Å². The molecule has 22 heavy (non-hydrogen) atoms. The summed E-state index contributed by atoms with van der Waals surface area (Å²) in [5, 5.41) is 13.1. The van der Waals surface area contributed by atoms with Crippen molar-refractivity contribution in [2.24, 2.45) is 5.73 Å². The number of nitrogens with two attached hydrogens (primary N) is 1. The minimum absolute atomic E-state index is 0.214. The Bertz CT molecular complexity index is 680. The Hall–Kier alpha value is -1.87. The van der Waals surface area contributed by atoms with E-state index in [1.165, 1.54) is 23.1 Å². The summed E-state index contributed by atoms with van der Waals surface area (Å²) in [7, 11) is 0. The highest BCUT2D eigenvalue weighted by molar-refractivity contribution is 8.00. The molecule has 0 spiro atoms. The monoisotopic (exact) mass is 339 g/mol. The standard InChI is InChI=1S/C13H17N5O2S2/c1-7(2)18-6-15-17-13(18)22-8(3)11(20)16-12-9(10(14)19)4-5-21-12/h4-8H,1-3H3,(H2,14,19)(H,16,20)/t8-/m1/s1. The summed E-state index contributed by atoms with van der Waals surface area (Å²) in [6, 6.07) is 1.81. The van der Waals surface area contributed by atoms with Crippen LogP contribution in [-0.2, 0) is 4.79 Å². The topological polar surface area (TPSA) is 103 Å². The van der Waals surface area contributed by atoms with Crippen LogP contribution < -0.4 is 11.1 Å². The lowest BCUT2D eigenvalue weighted by molar-refractivity contribution is -0.115. The van der Waals surface area contributed by atoms with E-state index in [1.54, 1.807) is 24.7 Å². The first kappa shape index (κ1) is 16.5. The van der Waals surface area contributed by atoms with Gasteiger partial charge in [0.15, 0.2) is 5.16 Å². The van der Waals surface area contributed by atoms with E-state index in [1.807, 2.05) is 18.4 Å². The number of rotatable bonds is 6. The molecular formula is C13H17N5O2S2. The second-order valence-corrected chi connectivity index (χ2v) is 7.12. The van der Waals surface area contributed by atoms with Crippen LogP contribution in [0.5, 0.6) is 0 Å². The van der Waals surface area contributed by atoms with Crippen molar-refractivity contribution in [1.29, 1.82) is 0 Å². The molecule has 3 N–H and O–H groups in total. The van der Waals surface area contributed by atoms with Gasteiger partial charge in [0.2, 0.25) is 5.91 Å². The van der Waals surface area contributed by atoms with E-state index in [9.17, 15) is 9.59 Å². The summed E-state index contributed by atoms with van der Waals surface area (Å²) in [6.45, 7) is 5.81. The van der Waals surface area contributed by atoms with Crippen LogP contribution in [0.15, 0.2) is 22.9 Å². The summed E-state index contributed by atoms with van der Waals surface area (Å²) < 4.78 is 1.90. The first-order valence-corrected chi connectivity index (χ1v) is 8.40. The Kier molecular flexibility index (Phi) is 5.19. The minimum Gasteiger partial charge on any atom is -0.366 e. The van der Waals surface area contributed by atoms with E-state index in [0.717, 1.165) is 0 Å². The number of primary amides is 1. The summed E-state index contributed by atoms with van der Waals surface area (Å²) in [4.78, 5) is 23.5. The minimum atomic E-state index is -0.559. The number of nitrogens with zero attached hydrogens (tertiary/aromatic N) is 3. The molecule has 0 aliphatic rings. The Morgan fingerprint density at radius 1 is 1.41 bits per heavy atom. The van der Waals surface area contributed by atoms with Gasteiger partial charge in [-0.25, -0.2) is 0 Å². The van der Waals surface area contributed by atoms with Gasteiger partial charge in [-0.05, 0) is 32.2 Å². The van der Waals surface area contributed by atoms with Crippen molar-refractivity contribution < 1.29 is 9.59 Å². The molecule has 7 nitrogen and oxygen atoms in total. The maximum atomic E-state index is 12.3. The molecule has 0 aliphatic heterocycles. The highest BCUT2D eigenvalue weighted by Gasteiger charge is 2.21. The fourth-order valence-corrected chi connectivity index (χ4v) is 3.45. The Morgan fingerprint density at radius 3 is 2.77 bits per heavy atom. The average molecular weight is 339 g/mol. The fraction of sp³-hybridized carbons (Fsp3) is 0.385. The SMILES string of the molecule is CC(C)n1cnnc1S[C@H](C)C(=O)Nc1sccc1C(N)=O. The molecule has 2 aromatic rings. The van der Waals surface area contributed by atoms with Crippen molar-refractivity contribution in [1.82, 2.24) is 14.8 Å². The lowest BCUT2D eigenvalue weighted by Gasteiger charge is -2.13. The zero-order valence-electron chi connectivity index (χ0n) is 12.4. The number of nitrogens with one attached hydrogen (secondary N) is 1. The lowest BCUT2D eigenvalue weighted by atomic mass is 10.3. The van der Waals surface area contributed by atoms with Crippen molar-refractivity contribution in [2.45, 2.75) is 37.2 Å². The van der Waals surface area contributed by atoms with Crippen molar-refractivity contribution in [2.75, 3.05) is 5.32 Å². The highest BCUT2D eigenvalue weighted by Crippen LogP contribution is 2.27. The number of thiophene rings is 1. The zero-order valence-corrected chi connectivity index (χ0v) is 14.1. The third-order valence-corrected chi connectivity index (χ3v) is 4.82. The van der Waals surface area contributed by atoms with E-state index >= 15 is 0 Å². The van der Waals surface area contributed by atoms with Gasteiger partial charge >= 0.3 is 0 Å². The first-order valence-electron chi connectivity index (χ1n) is 6.64. The number of hydrogen-bond acceptors (Lipinski definition) is 6. The molecule has 0 saturated heterocycles. The third kappa shape index (κ3) is 3.66. The van der Waals surface area contributed by atoms with Gasteiger partial charge in [0.1, 0.15) is 11.3 Å². The van der Waals surface area contributed by atoms with Gasteiger partial charge in [0.05, 0.1) is 10.8 Å². The fourth-order valence-electron chi connectivity index (χ4n) is 1.70. The molecule has 118 valence electrons. The van der Waals surface area contributed by atoms with Crippen molar-refractivity contribution in [3.8, 4) is 0 Å². The summed E-state index contributed by atoms with van der Waals surface area (Å²) in [5.74, 6) is -0.773. The normalized spacial score (nSPS) is 12.4. The molecule has 0 radical (unpaired) electrons. The molecule has 2 rings (SSSR count). The van der Waals surface area contributed by atoms with Crippen LogP contribution in [0.4, 0.5) is 5.00 Å². The smallest absolute Gasteiger partial charge is 0.251 e. The number of carbonyl (C=O) groups excluding carboxylic acids is 2. The Balaban J connectivity index is 2.05. The summed E-state index contributed by atoms with van der Waals surface area (Å²) in [5.41, 5.74) is 5.58. The van der Waals surface area contributed by atoms with E-state index in [2.05, 4.69) is 15.5 Å². The van der Waals surface area contributed by atoms with Crippen LogP contribution in [0.25, 0.3) is 0 Å². The van der Waals surface area contributed by atoms with E-state index < -0.39 is 5.91 Å². The van der Waals surface area contributed by atoms with Crippen LogP contribution in [0.1, 0.15) is 37.2 Å². The Morgan fingerprint density at radius 2 is 2.14 bits per heavy atom. The van der Waals surface area contributed by atoms with Gasteiger partial charge in [0.25, 0.3) is 5.91 Å². The Labute approximate surface area is 136 Å². The number of thioether (sulfide) groups is 1. The van der Waals surface area contributed by atoms with Crippen LogP contribution in [-0.4, -0.2) is 31.8 Å². The van der Waals surface area contributed by atoms with Crippen LogP contribution >= 0.6 is 23.1 Å². The number of hydrogen-bond donors (Lipinski definition) is 2. The van der Waals surface area contributed by atoms with Gasteiger partial charge in [0, 0.05) is 6.04 Å². The molecule has 0 saturated carbocycles. The van der Waals surface area contributed by atoms with Gasteiger partial charge in [-0.2, -0.15) is 0 Å². The first-order chi connectivity index (χ1) is 10.4. The predicted octanol–water partition coefficient (Wildman–Crippen LogP) is 2.14. The van der Waals surface area contributed by atoms with E-state index in [0.29, 0.717) is 15.7 Å². The van der Waals surface area contributed by atoms with Crippen molar-refractivity contribution in [3.05, 3.63) is 23.3 Å². The molecule has 0 fully saturated rings. The average Bonchev–Trinajstić information content (AvgIpc) is 3.07. The second-order valence-electron chi connectivity index (χ2n) is 4.89. The van der Waals surface area contributed by atoms with Gasteiger partial charge in [-0.15, -0.1) is 21.5 Å². The molecule has 0 aliphatic carbocycles. The number of anilines is 1. The molecule has 0 bridgehead atoms. The van der Waals surface area contributed by atoms with Crippen LogP contribution in [0, 0.1) is 0 Å². The molecule has 2 amide bonds. The maximum Gasteiger partial charge on any atom is 0.251 e. The lowest BCUT2D eigenvalue weighted by Crippen LogP contribution is -2.24. The highest BCUT2D eigenvalue weighted by atomic mass is 32.2. The molecule has 9 heteroatoms. The molecule has 2 aromatic heterocycles. The maximum absolute atomic E-state index is 12.3. The molecular weight excluding hydrogens is 322 g/mol. The van der Waals surface area contributed by atoms with Gasteiger partial charge in [-0.1, -0.05) is 11.8 Å². The molecule has 0 aromatic carbocycles. The third-order valence-electron chi connectivity index (χ3n) is 2.92. The van der Waals surface area contributed by atoms with E-state index in [4.69, 9.17) is 5.73 Å². The number of amides is 2. The van der Waals surface area contributed by atoms with E-state index in [-0.39, 0.29) is 17.2 Å². The summed E-state index contributed by atoms with van der Waals surface area (Å²) in [6.07, 6.45) is 1.64. The van der Waals surface area contributed by atoms with Gasteiger partial charge < -0.3 is 15.6 Å². The van der Waals surface area contributed by atoms with Crippen molar-refractivity contribution >= 4 is 39.9 Å².